The normalized spacial score (nSPS) is 12.5. The molecule has 23 heavy (non-hydrogen) atoms. The predicted octanol–water partition coefficient (Wildman–Crippen LogP) is 2.37. The number of benzene rings is 1. The van der Waals surface area contributed by atoms with Gasteiger partial charge in [0.1, 0.15) is 11.8 Å². The van der Waals surface area contributed by atoms with Gasteiger partial charge in [0.15, 0.2) is 0 Å². The van der Waals surface area contributed by atoms with Crippen molar-refractivity contribution < 1.29 is 23.1 Å². The number of aromatic nitrogens is 1. The van der Waals surface area contributed by atoms with E-state index in [4.69, 9.17) is 5.26 Å². The van der Waals surface area contributed by atoms with E-state index < -0.39 is 23.8 Å². The highest BCUT2D eigenvalue weighted by molar-refractivity contribution is 5.94. The van der Waals surface area contributed by atoms with Crippen LogP contribution in [0.15, 0.2) is 36.5 Å². The minimum Gasteiger partial charge on any atom is -0.387 e. The molecule has 1 unspecified atom stereocenters. The van der Waals surface area contributed by atoms with E-state index in [1.807, 2.05) is 6.07 Å². The molecule has 2 rings (SSSR count). The minimum absolute atomic E-state index is 0.0481. The van der Waals surface area contributed by atoms with Crippen LogP contribution >= 0.6 is 0 Å². The fourth-order valence-electron chi connectivity index (χ4n) is 1.92. The third-order valence-electron chi connectivity index (χ3n) is 3.12. The Morgan fingerprint density at radius 1 is 1.39 bits per heavy atom. The molecular formula is C15H12F3N3O2. The molecule has 1 aromatic heterocycles. The molecule has 1 heterocycles. The summed E-state index contributed by atoms with van der Waals surface area (Å²) in [4.78, 5) is 14.4. The number of nitrogens with zero attached hydrogens (tertiary/aromatic N) is 1. The lowest BCUT2D eigenvalue weighted by Crippen LogP contribution is -2.28. The maximum absolute atomic E-state index is 12.6. The summed E-state index contributed by atoms with van der Waals surface area (Å²) < 4.78 is 37.9. The Morgan fingerprint density at radius 3 is 2.74 bits per heavy atom. The van der Waals surface area contributed by atoms with Gasteiger partial charge in [-0.05, 0) is 23.8 Å². The lowest BCUT2D eigenvalue weighted by Gasteiger charge is -2.14. The first-order valence-electron chi connectivity index (χ1n) is 6.53. The zero-order chi connectivity index (χ0) is 17.0. The topological polar surface area (TPSA) is 88.9 Å². The molecule has 0 bridgehead atoms. The average Bonchev–Trinajstić information content (AvgIpc) is 3.00. The van der Waals surface area contributed by atoms with Crippen LogP contribution in [0.25, 0.3) is 0 Å². The highest BCUT2D eigenvalue weighted by Crippen LogP contribution is 2.30. The van der Waals surface area contributed by atoms with Crippen molar-refractivity contribution in [1.82, 2.24) is 10.3 Å². The van der Waals surface area contributed by atoms with Crippen LogP contribution in [0.3, 0.4) is 0 Å². The number of hydrogen-bond acceptors (Lipinski definition) is 3. The van der Waals surface area contributed by atoms with Crippen molar-refractivity contribution >= 4 is 5.91 Å². The van der Waals surface area contributed by atoms with Crippen LogP contribution in [0, 0.1) is 11.3 Å². The number of amides is 1. The van der Waals surface area contributed by atoms with E-state index in [1.54, 1.807) is 0 Å². The number of nitriles is 1. The monoisotopic (exact) mass is 323 g/mol. The van der Waals surface area contributed by atoms with Crippen molar-refractivity contribution in [3.63, 3.8) is 0 Å². The van der Waals surface area contributed by atoms with Gasteiger partial charge < -0.3 is 15.4 Å². The smallest absolute Gasteiger partial charge is 0.387 e. The van der Waals surface area contributed by atoms with E-state index in [0.717, 1.165) is 12.1 Å². The third kappa shape index (κ3) is 4.11. The quantitative estimate of drug-likeness (QED) is 0.807. The van der Waals surface area contributed by atoms with Crippen molar-refractivity contribution in [2.45, 2.75) is 12.3 Å². The number of rotatable bonds is 4. The zero-order valence-corrected chi connectivity index (χ0v) is 11.7. The summed E-state index contributed by atoms with van der Waals surface area (Å²) in [6.45, 7) is -0.257. The van der Waals surface area contributed by atoms with Crippen LogP contribution in [0.1, 0.15) is 33.3 Å². The van der Waals surface area contributed by atoms with E-state index in [-0.39, 0.29) is 23.4 Å². The van der Waals surface area contributed by atoms with E-state index in [2.05, 4.69) is 10.3 Å². The highest BCUT2D eigenvalue weighted by Gasteiger charge is 2.30. The molecular weight excluding hydrogens is 311 g/mol. The predicted molar refractivity (Wildman–Crippen MR) is 74.2 cm³/mol. The fraction of sp³-hybridized carbons (Fsp3) is 0.200. The highest BCUT2D eigenvalue weighted by atomic mass is 19.4. The number of hydrogen-bond donors (Lipinski definition) is 3. The number of carbonyl (C=O) groups is 1. The molecule has 2 aromatic rings. The summed E-state index contributed by atoms with van der Waals surface area (Å²) in [6, 6.07) is 7.41. The molecule has 1 aromatic carbocycles. The SMILES string of the molecule is N#Cc1cc(C(=O)NCC(O)c2cccc(C(F)(F)F)c2)c[nH]1. The number of aliphatic hydroxyl groups is 1. The standard InChI is InChI=1S/C15H12F3N3O2/c16-15(17,18)11-3-1-2-9(4-11)13(22)8-21-14(23)10-5-12(6-19)20-7-10/h1-5,7,13,20,22H,8H2,(H,21,23). The van der Waals surface area contributed by atoms with E-state index in [1.165, 1.54) is 24.4 Å². The van der Waals surface area contributed by atoms with E-state index in [9.17, 15) is 23.1 Å². The molecule has 0 aliphatic heterocycles. The molecule has 1 amide bonds. The van der Waals surface area contributed by atoms with Gasteiger partial charge in [0.05, 0.1) is 17.2 Å². The van der Waals surface area contributed by atoms with Gasteiger partial charge in [-0.15, -0.1) is 0 Å². The Hall–Kier alpha value is -2.79. The Labute approximate surface area is 129 Å². The van der Waals surface area contributed by atoms with Crippen LogP contribution in [-0.4, -0.2) is 22.5 Å². The Balaban J connectivity index is 2.01. The van der Waals surface area contributed by atoms with Crippen LogP contribution < -0.4 is 5.32 Å². The number of aromatic amines is 1. The summed E-state index contributed by atoms with van der Waals surface area (Å²) in [5, 5.41) is 21.0. The maximum atomic E-state index is 12.6. The van der Waals surface area contributed by atoms with E-state index >= 15 is 0 Å². The zero-order valence-electron chi connectivity index (χ0n) is 11.7. The van der Waals surface area contributed by atoms with Crippen molar-refractivity contribution in [3.8, 4) is 6.07 Å². The van der Waals surface area contributed by atoms with Gasteiger partial charge >= 0.3 is 6.18 Å². The number of aliphatic hydroxyl groups excluding tert-OH is 1. The molecule has 1 atom stereocenters. The number of nitrogens with one attached hydrogen (secondary N) is 2. The minimum atomic E-state index is -4.50. The summed E-state index contributed by atoms with van der Waals surface area (Å²) >= 11 is 0. The molecule has 0 aliphatic carbocycles. The van der Waals surface area contributed by atoms with Gasteiger partial charge in [-0.1, -0.05) is 12.1 Å². The van der Waals surface area contributed by atoms with Crippen molar-refractivity contribution in [2.75, 3.05) is 6.54 Å². The Kier molecular flexibility index (Phi) is 4.71. The Morgan fingerprint density at radius 2 is 2.13 bits per heavy atom. The number of carbonyl (C=O) groups excluding carboxylic acids is 1. The first-order chi connectivity index (χ1) is 10.8. The molecule has 5 nitrogen and oxygen atoms in total. The molecule has 3 N–H and O–H groups in total. The number of H-pyrrole nitrogens is 1. The van der Waals surface area contributed by atoms with Crippen LogP contribution in [0.2, 0.25) is 0 Å². The molecule has 0 fully saturated rings. The van der Waals surface area contributed by atoms with Gasteiger partial charge in [-0.3, -0.25) is 4.79 Å². The molecule has 120 valence electrons. The lowest BCUT2D eigenvalue weighted by atomic mass is 10.1. The van der Waals surface area contributed by atoms with Gasteiger partial charge in [-0.25, -0.2) is 0 Å². The first kappa shape index (κ1) is 16.6. The average molecular weight is 323 g/mol. The molecule has 8 heteroatoms. The molecule has 0 radical (unpaired) electrons. The fourth-order valence-corrected chi connectivity index (χ4v) is 1.92. The molecule has 0 aliphatic rings. The second kappa shape index (κ2) is 6.54. The lowest BCUT2D eigenvalue weighted by molar-refractivity contribution is -0.137. The van der Waals surface area contributed by atoms with Crippen LogP contribution in [-0.2, 0) is 6.18 Å². The van der Waals surface area contributed by atoms with Crippen LogP contribution in [0.5, 0.6) is 0 Å². The third-order valence-corrected chi connectivity index (χ3v) is 3.12. The molecule has 0 saturated heterocycles. The molecule has 0 saturated carbocycles. The van der Waals surface area contributed by atoms with Crippen molar-refractivity contribution in [3.05, 3.63) is 58.9 Å². The summed E-state index contributed by atoms with van der Waals surface area (Å²) in [7, 11) is 0. The van der Waals surface area contributed by atoms with Crippen LogP contribution in [0.4, 0.5) is 13.2 Å². The van der Waals surface area contributed by atoms with Gasteiger partial charge in [0.25, 0.3) is 5.91 Å². The Bertz CT molecular complexity index is 747. The summed E-state index contributed by atoms with van der Waals surface area (Å²) in [5.74, 6) is -0.547. The second-order valence-corrected chi connectivity index (χ2v) is 4.76. The largest absolute Gasteiger partial charge is 0.416 e. The van der Waals surface area contributed by atoms with E-state index in [0.29, 0.717) is 0 Å². The first-order valence-corrected chi connectivity index (χ1v) is 6.53. The van der Waals surface area contributed by atoms with Gasteiger partial charge in [-0.2, -0.15) is 18.4 Å². The summed E-state index contributed by atoms with van der Waals surface area (Å²) in [5.41, 5.74) is -0.428. The van der Waals surface area contributed by atoms with Crippen molar-refractivity contribution in [2.24, 2.45) is 0 Å². The number of halogens is 3. The van der Waals surface area contributed by atoms with Crippen molar-refractivity contribution in [1.29, 1.82) is 5.26 Å². The van der Waals surface area contributed by atoms with Gasteiger partial charge in [0, 0.05) is 12.7 Å². The molecule has 0 spiro atoms. The van der Waals surface area contributed by atoms with Gasteiger partial charge in [0.2, 0.25) is 0 Å². The number of alkyl halides is 3. The maximum Gasteiger partial charge on any atom is 0.416 e. The summed E-state index contributed by atoms with van der Waals surface area (Å²) in [6.07, 6.45) is -4.46. The second-order valence-electron chi connectivity index (χ2n) is 4.76.